The molecule has 31 heavy (non-hydrogen) atoms. The molecule has 0 saturated heterocycles. The molecule has 0 unspecified atom stereocenters. The minimum Gasteiger partial charge on any atom is -0.490 e. The third-order valence-corrected chi connectivity index (χ3v) is 5.36. The van der Waals surface area contributed by atoms with Crippen LogP contribution in [-0.4, -0.2) is 23.4 Å². The Labute approximate surface area is 174 Å². The smallest absolute Gasteiger partial charge is 0.419 e. The Hall–Kier alpha value is -3.07. The molecule has 0 bridgehead atoms. The minimum atomic E-state index is -4.80. The minimum absolute atomic E-state index is 0.0189. The standard InChI is InChI=1S/C22H17F5N2O2/c23-20-2-1-14(8-19(20)22(25,26)27)31-15-6-13(7-15)29-10-18-16-3-4-28-9-17(16)12(11-30)5-21(18)24/h1-5,8-9,11,13,15,29H,6-7,10H2/t13-,15-. The molecule has 0 amide bonds. The van der Waals surface area contributed by atoms with Gasteiger partial charge in [0.15, 0.2) is 6.29 Å². The van der Waals surface area contributed by atoms with E-state index in [0.29, 0.717) is 41.5 Å². The lowest BCUT2D eigenvalue weighted by Crippen LogP contribution is -2.46. The van der Waals surface area contributed by atoms with Crippen molar-refractivity contribution in [1.29, 1.82) is 0 Å². The highest BCUT2D eigenvalue weighted by atomic mass is 19.4. The number of nitrogens with one attached hydrogen (secondary N) is 1. The van der Waals surface area contributed by atoms with Gasteiger partial charge in [-0.3, -0.25) is 9.78 Å². The number of halogens is 5. The van der Waals surface area contributed by atoms with Gasteiger partial charge in [-0.2, -0.15) is 13.2 Å². The van der Waals surface area contributed by atoms with Crippen molar-refractivity contribution in [2.24, 2.45) is 0 Å². The van der Waals surface area contributed by atoms with Gasteiger partial charge in [-0.15, -0.1) is 0 Å². The molecule has 2 aromatic carbocycles. The number of ether oxygens (including phenoxy) is 1. The molecule has 0 spiro atoms. The Bertz CT molecular complexity index is 1130. The molecule has 1 aliphatic carbocycles. The van der Waals surface area contributed by atoms with Gasteiger partial charge < -0.3 is 10.1 Å². The zero-order valence-corrected chi connectivity index (χ0v) is 16.0. The summed E-state index contributed by atoms with van der Waals surface area (Å²) in [6.07, 6.45) is -0.504. The van der Waals surface area contributed by atoms with E-state index in [1.807, 2.05) is 0 Å². The highest BCUT2D eigenvalue weighted by Crippen LogP contribution is 2.35. The Kier molecular flexibility index (Phi) is 5.62. The largest absolute Gasteiger partial charge is 0.490 e. The normalized spacial score (nSPS) is 18.6. The maximum Gasteiger partial charge on any atom is 0.419 e. The number of carbonyl (C=O) groups excluding carboxylic acids is 1. The van der Waals surface area contributed by atoms with Crippen LogP contribution in [0, 0.1) is 11.6 Å². The van der Waals surface area contributed by atoms with Gasteiger partial charge in [0.05, 0.1) is 5.56 Å². The predicted molar refractivity (Wildman–Crippen MR) is 103 cm³/mol. The number of fused-ring (bicyclic) bond motifs is 1. The summed E-state index contributed by atoms with van der Waals surface area (Å²) in [4.78, 5) is 15.2. The first-order valence-electron chi connectivity index (χ1n) is 9.53. The quantitative estimate of drug-likeness (QED) is 0.434. The molecule has 1 aromatic heterocycles. The van der Waals surface area contributed by atoms with Crippen molar-refractivity contribution in [3.05, 3.63) is 71.1 Å². The van der Waals surface area contributed by atoms with Crippen LogP contribution in [0.5, 0.6) is 5.75 Å². The highest BCUT2D eigenvalue weighted by Gasteiger charge is 2.35. The number of alkyl halides is 3. The number of carbonyl (C=O) groups is 1. The Morgan fingerprint density at radius 3 is 2.58 bits per heavy atom. The third kappa shape index (κ3) is 4.36. The summed E-state index contributed by atoms with van der Waals surface area (Å²) in [6.45, 7) is 0.206. The average Bonchev–Trinajstić information content (AvgIpc) is 2.70. The number of pyridine rings is 1. The van der Waals surface area contributed by atoms with E-state index in [9.17, 15) is 26.7 Å². The van der Waals surface area contributed by atoms with Crippen LogP contribution in [0.1, 0.15) is 34.3 Å². The summed E-state index contributed by atoms with van der Waals surface area (Å²) in [6, 6.07) is 5.35. The summed E-state index contributed by atoms with van der Waals surface area (Å²) in [5, 5.41) is 4.34. The molecule has 9 heteroatoms. The molecule has 162 valence electrons. The van der Waals surface area contributed by atoms with Crippen molar-refractivity contribution in [3.63, 3.8) is 0 Å². The number of hydrogen-bond donors (Lipinski definition) is 1. The molecule has 3 aromatic rings. The number of aldehydes is 1. The molecule has 0 atom stereocenters. The zero-order valence-electron chi connectivity index (χ0n) is 16.0. The van der Waals surface area contributed by atoms with Gasteiger partial charge in [-0.1, -0.05) is 0 Å². The predicted octanol–water partition coefficient (Wildman–Crippen LogP) is 5.04. The lowest BCUT2D eigenvalue weighted by atomic mass is 9.88. The van der Waals surface area contributed by atoms with Gasteiger partial charge in [0.2, 0.25) is 0 Å². The fraction of sp³-hybridized carbons (Fsp3) is 0.273. The Morgan fingerprint density at radius 1 is 1.10 bits per heavy atom. The fourth-order valence-corrected chi connectivity index (χ4v) is 3.66. The van der Waals surface area contributed by atoms with E-state index in [1.54, 1.807) is 6.07 Å². The number of hydrogen-bond acceptors (Lipinski definition) is 4. The summed E-state index contributed by atoms with van der Waals surface area (Å²) < 4.78 is 71.9. The van der Waals surface area contributed by atoms with Crippen molar-refractivity contribution in [2.75, 3.05) is 0 Å². The van der Waals surface area contributed by atoms with Gasteiger partial charge in [0.1, 0.15) is 23.5 Å². The van der Waals surface area contributed by atoms with E-state index in [4.69, 9.17) is 4.74 Å². The highest BCUT2D eigenvalue weighted by molar-refractivity contribution is 5.99. The van der Waals surface area contributed by atoms with Crippen LogP contribution in [-0.2, 0) is 12.7 Å². The van der Waals surface area contributed by atoms with Crippen LogP contribution in [0.4, 0.5) is 22.0 Å². The van der Waals surface area contributed by atoms with E-state index in [-0.39, 0.29) is 30.0 Å². The van der Waals surface area contributed by atoms with Crippen LogP contribution in [0.3, 0.4) is 0 Å². The summed E-state index contributed by atoms with van der Waals surface area (Å²) in [5.74, 6) is -1.91. The Balaban J connectivity index is 1.38. The van der Waals surface area contributed by atoms with Gasteiger partial charge in [0.25, 0.3) is 0 Å². The van der Waals surface area contributed by atoms with E-state index in [2.05, 4.69) is 10.3 Å². The van der Waals surface area contributed by atoms with Crippen LogP contribution in [0.15, 0.2) is 42.7 Å². The maximum atomic E-state index is 14.5. The zero-order chi connectivity index (χ0) is 22.2. The van der Waals surface area contributed by atoms with E-state index in [0.717, 1.165) is 12.1 Å². The molecule has 1 heterocycles. The van der Waals surface area contributed by atoms with Crippen molar-refractivity contribution < 1.29 is 31.5 Å². The summed E-state index contributed by atoms with van der Waals surface area (Å²) in [7, 11) is 0. The first-order valence-corrected chi connectivity index (χ1v) is 9.53. The van der Waals surface area contributed by atoms with Gasteiger partial charge in [-0.05, 0) is 48.6 Å². The van der Waals surface area contributed by atoms with Crippen molar-refractivity contribution in [2.45, 2.75) is 37.7 Å². The molecule has 1 fully saturated rings. The van der Waals surface area contributed by atoms with E-state index < -0.39 is 23.4 Å². The maximum absolute atomic E-state index is 14.5. The number of benzene rings is 2. The second-order valence-corrected chi connectivity index (χ2v) is 7.39. The van der Waals surface area contributed by atoms with Crippen molar-refractivity contribution in [1.82, 2.24) is 10.3 Å². The van der Waals surface area contributed by atoms with Gasteiger partial charge >= 0.3 is 6.18 Å². The monoisotopic (exact) mass is 436 g/mol. The van der Waals surface area contributed by atoms with Crippen LogP contribution in [0.2, 0.25) is 0 Å². The summed E-state index contributed by atoms with van der Waals surface area (Å²) >= 11 is 0. The molecule has 1 aliphatic rings. The first-order chi connectivity index (χ1) is 14.8. The lowest BCUT2D eigenvalue weighted by molar-refractivity contribution is -0.140. The van der Waals surface area contributed by atoms with E-state index in [1.165, 1.54) is 18.5 Å². The fourth-order valence-electron chi connectivity index (χ4n) is 3.66. The second-order valence-electron chi connectivity index (χ2n) is 7.39. The molecule has 0 aliphatic heterocycles. The molecular formula is C22H17F5N2O2. The average molecular weight is 436 g/mol. The van der Waals surface area contributed by atoms with Crippen molar-refractivity contribution >= 4 is 17.1 Å². The van der Waals surface area contributed by atoms with E-state index >= 15 is 0 Å². The first kappa shape index (κ1) is 21.2. The van der Waals surface area contributed by atoms with Crippen LogP contribution >= 0.6 is 0 Å². The van der Waals surface area contributed by atoms with Gasteiger partial charge in [-0.25, -0.2) is 8.78 Å². The molecule has 1 N–H and O–H groups in total. The second kappa shape index (κ2) is 8.22. The Morgan fingerprint density at radius 2 is 1.87 bits per heavy atom. The number of nitrogens with zero attached hydrogens (tertiary/aromatic N) is 1. The summed E-state index contributed by atoms with van der Waals surface area (Å²) in [5.41, 5.74) is -0.741. The van der Waals surface area contributed by atoms with Crippen LogP contribution < -0.4 is 10.1 Å². The molecule has 1 saturated carbocycles. The lowest BCUT2D eigenvalue weighted by Gasteiger charge is -2.36. The molecule has 4 rings (SSSR count). The van der Waals surface area contributed by atoms with Crippen molar-refractivity contribution in [3.8, 4) is 5.75 Å². The molecule has 4 nitrogen and oxygen atoms in total. The third-order valence-electron chi connectivity index (χ3n) is 5.36. The topological polar surface area (TPSA) is 51.2 Å². The van der Waals surface area contributed by atoms with Gasteiger partial charge in [0, 0.05) is 41.5 Å². The number of rotatable bonds is 6. The number of aromatic nitrogens is 1. The molecular weight excluding hydrogens is 419 g/mol. The van der Waals surface area contributed by atoms with Crippen LogP contribution in [0.25, 0.3) is 10.8 Å². The SMILES string of the molecule is O=Cc1cc(F)c(CN[C@H]2C[C@H](Oc3ccc(F)c(C(F)(F)F)c3)C2)c2ccncc12. The molecule has 0 radical (unpaired) electrons.